The first-order valence-electron chi connectivity index (χ1n) is 14.1. The van der Waals surface area contributed by atoms with E-state index >= 15 is 4.39 Å². The van der Waals surface area contributed by atoms with Crippen molar-refractivity contribution >= 4 is 0 Å². The van der Waals surface area contributed by atoms with Gasteiger partial charge >= 0.3 is 6.11 Å². The molecule has 0 N–H and O–H groups in total. The summed E-state index contributed by atoms with van der Waals surface area (Å²) in [7, 11) is 0. The van der Waals surface area contributed by atoms with Crippen LogP contribution in [0.25, 0.3) is 33.4 Å². The fourth-order valence-electron chi connectivity index (χ4n) is 5.02. The summed E-state index contributed by atoms with van der Waals surface area (Å²) in [6, 6.07) is 20.8. The van der Waals surface area contributed by atoms with Gasteiger partial charge < -0.3 is 4.74 Å². The maximum Gasteiger partial charge on any atom is 0.432 e. The van der Waals surface area contributed by atoms with Gasteiger partial charge in [0.15, 0.2) is 0 Å². The monoisotopic (exact) mass is 608 g/mol. The summed E-state index contributed by atoms with van der Waals surface area (Å²) in [5, 5.41) is 0. The fraction of sp³-hybridized carbons (Fsp3) is 0.167. The van der Waals surface area contributed by atoms with Gasteiger partial charge in [0.1, 0.15) is 40.4 Å². The minimum atomic E-state index is -4.28. The molecule has 1 nitrogen and oxygen atoms in total. The summed E-state index contributed by atoms with van der Waals surface area (Å²) in [5.41, 5.74) is 0.825. The first-order valence-corrected chi connectivity index (χ1v) is 14.1. The molecule has 0 aliphatic carbocycles. The molecule has 5 rings (SSSR count). The highest BCUT2D eigenvalue weighted by atomic mass is 19.3. The number of aryl methyl sites for hydroxylation is 1. The van der Waals surface area contributed by atoms with Crippen molar-refractivity contribution in [2.75, 3.05) is 0 Å². The first kappa shape index (κ1) is 30.9. The van der Waals surface area contributed by atoms with E-state index in [-0.39, 0.29) is 22.4 Å². The van der Waals surface area contributed by atoms with Gasteiger partial charge in [-0.25, -0.2) is 22.0 Å². The molecule has 0 saturated carbocycles. The number of alkyl halides is 2. The number of rotatable bonds is 10. The van der Waals surface area contributed by atoms with Crippen LogP contribution >= 0.6 is 0 Å². The smallest absolute Gasteiger partial charge is 0.429 e. The van der Waals surface area contributed by atoms with Crippen molar-refractivity contribution in [2.24, 2.45) is 0 Å². The summed E-state index contributed by atoms with van der Waals surface area (Å²) in [4.78, 5) is 0. The highest BCUT2D eigenvalue weighted by molar-refractivity contribution is 5.74. The van der Waals surface area contributed by atoms with E-state index in [9.17, 15) is 26.3 Å². The van der Waals surface area contributed by atoms with Gasteiger partial charge in [-0.05, 0) is 89.2 Å². The van der Waals surface area contributed by atoms with E-state index in [1.54, 1.807) is 12.1 Å². The summed E-state index contributed by atoms with van der Waals surface area (Å²) in [6.45, 7) is 1.98. The lowest BCUT2D eigenvalue weighted by molar-refractivity contribution is -0.189. The predicted octanol–water partition coefficient (Wildman–Crippen LogP) is 11.2. The molecule has 0 fully saturated rings. The van der Waals surface area contributed by atoms with Crippen molar-refractivity contribution in [3.05, 3.63) is 137 Å². The van der Waals surface area contributed by atoms with Gasteiger partial charge in [-0.1, -0.05) is 68.3 Å². The van der Waals surface area contributed by atoms with E-state index in [2.05, 4.69) is 0 Å². The van der Waals surface area contributed by atoms with E-state index in [1.807, 2.05) is 6.92 Å². The number of benzene rings is 5. The molecule has 0 aliphatic heterocycles. The number of halogens is 7. The third-order valence-electron chi connectivity index (χ3n) is 7.30. The normalized spacial score (nSPS) is 11.5. The van der Waals surface area contributed by atoms with E-state index in [1.165, 1.54) is 72.8 Å². The Balaban J connectivity index is 1.31. The molecule has 0 aliphatic rings. The largest absolute Gasteiger partial charge is 0.432 e. The lowest BCUT2D eigenvalue weighted by Crippen LogP contribution is -2.25. The molecule has 0 unspecified atom stereocenters. The standard InChI is InChI=1S/C36H27F7O/c1-2-3-4-5-22-18-33(40)35(34(41)19-22)36(42,43)44-28-14-8-23(9-15-28)25-10-16-30(31(38)20-25)26-11-17-29(32(39)21-26)24-6-12-27(37)13-7-24/h6-21H,2-5H2,1H3. The van der Waals surface area contributed by atoms with Crippen LogP contribution in [0.3, 0.4) is 0 Å². The van der Waals surface area contributed by atoms with Gasteiger partial charge in [-0.2, -0.15) is 8.78 Å². The zero-order valence-electron chi connectivity index (χ0n) is 23.6. The zero-order chi connectivity index (χ0) is 31.4. The van der Waals surface area contributed by atoms with Crippen molar-refractivity contribution in [1.82, 2.24) is 0 Å². The topological polar surface area (TPSA) is 9.23 Å². The molecular weight excluding hydrogens is 581 g/mol. The third-order valence-corrected chi connectivity index (χ3v) is 7.30. The minimum absolute atomic E-state index is 0.137. The molecule has 0 atom stereocenters. The Labute approximate surface area is 250 Å². The maximum absolute atomic E-state index is 15.1. The van der Waals surface area contributed by atoms with Crippen LogP contribution in [-0.4, -0.2) is 0 Å². The summed E-state index contributed by atoms with van der Waals surface area (Å²) < 4.78 is 107. The molecule has 0 heterocycles. The Hall–Kier alpha value is -4.59. The van der Waals surface area contributed by atoms with Crippen LogP contribution in [-0.2, 0) is 12.5 Å². The van der Waals surface area contributed by atoms with Crippen molar-refractivity contribution in [3.8, 4) is 39.1 Å². The summed E-state index contributed by atoms with van der Waals surface area (Å²) in [5.74, 6) is -4.83. The molecule has 8 heteroatoms. The summed E-state index contributed by atoms with van der Waals surface area (Å²) in [6.07, 6.45) is -1.47. The first-order chi connectivity index (χ1) is 21.1. The van der Waals surface area contributed by atoms with Gasteiger partial charge in [0.05, 0.1) is 0 Å². The van der Waals surface area contributed by atoms with Crippen molar-refractivity contribution < 1.29 is 35.5 Å². The predicted molar refractivity (Wildman–Crippen MR) is 157 cm³/mol. The van der Waals surface area contributed by atoms with Crippen LogP contribution in [0, 0.1) is 29.1 Å². The number of hydrogen-bond acceptors (Lipinski definition) is 1. The van der Waals surface area contributed by atoms with Crippen LogP contribution in [0.5, 0.6) is 5.75 Å². The van der Waals surface area contributed by atoms with E-state index in [4.69, 9.17) is 4.74 Å². The highest BCUT2D eigenvalue weighted by Crippen LogP contribution is 2.37. The van der Waals surface area contributed by atoms with E-state index in [0.29, 0.717) is 35.1 Å². The third kappa shape index (κ3) is 6.80. The van der Waals surface area contributed by atoms with Gasteiger partial charge in [0, 0.05) is 11.1 Å². The molecular formula is C36H27F7O. The Morgan fingerprint density at radius 3 is 1.66 bits per heavy atom. The highest BCUT2D eigenvalue weighted by Gasteiger charge is 2.41. The minimum Gasteiger partial charge on any atom is -0.429 e. The lowest BCUT2D eigenvalue weighted by atomic mass is 9.97. The Bertz CT molecular complexity index is 1740. The quantitative estimate of drug-likeness (QED) is 0.113. The van der Waals surface area contributed by atoms with Crippen molar-refractivity contribution in [1.29, 1.82) is 0 Å². The second kappa shape index (κ2) is 13.0. The molecule has 44 heavy (non-hydrogen) atoms. The van der Waals surface area contributed by atoms with E-state index < -0.39 is 40.8 Å². The molecule has 5 aromatic carbocycles. The van der Waals surface area contributed by atoms with Crippen LogP contribution in [0.15, 0.2) is 97.1 Å². The van der Waals surface area contributed by atoms with Gasteiger partial charge in [0.2, 0.25) is 0 Å². The molecule has 0 amide bonds. The average Bonchev–Trinajstić information content (AvgIpc) is 2.97. The molecule has 5 aromatic rings. The second-order valence-electron chi connectivity index (χ2n) is 10.4. The number of ether oxygens (including phenoxy) is 1. The van der Waals surface area contributed by atoms with Crippen LogP contribution in [0.2, 0.25) is 0 Å². The molecule has 0 aromatic heterocycles. The van der Waals surface area contributed by atoms with Crippen LogP contribution in [0.1, 0.15) is 37.3 Å². The fourth-order valence-corrected chi connectivity index (χ4v) is 5.02. The second-order valence-corrected chi connectivity index (χ2v) is 10.4. The van der Waals surface area contributed by atoms with Crippen molar-refractivity contribution in [3.63, 3.8) is 0 Å². The Morgan fingerprint density at radius 1 is 0.545 bits per heavy atom. The molecule has 0 saturated heterocycles. The zero-order valence-corrected chi connectivity index (χ0v) is 23.6. The van der Waals surface area contributed by atoms with Crippen LogP contribution in [0.4, 0.5) is 30.7 Å². The van der Waals surface area contributed by atoms with Gasteiger partial charge in [0.25, 0.3) is 0 Å². The Kier molecular flexibility index (Phi) is 9.09. The van der Waals surface area contributed by atoms with Gasteiger partial charge in [-0.3, -0.25) is 0 Å². The molecule has 226 valence electrons. The molecule has 0 radical (unpaired) electrons. The van der Waals surface area contributed by atoms with Crippen LogP contribution < -0.4 is 4.74 Å². The molecule has 0 spiro atoms. The lowest BCUT2D eigenvalue weighted by Gasteiger charge is -2.20. The average molecular weight is 609 g/mol. The number of unbranched alkanes of at least 4 members (excludes halogenated alkanes) is 2. The molecule has 0 bridgehead atoms. The van der Waals surface area contributed by atoms with E-state index in [0.717, 1.165) is 25.0 Å². The van der Waals surface area contributed by atoms with Gasteiger partial charge in [-0.15, -0.1) is 0 Å². The SMILES string of the molecule is CCCCCc1cc(F)c(C(F)(F)Oc2ccc(-c3ccc(-c4ccc(-c5ccc(F)cc5)c(F)c4)c(F)c3)cc2)c(F)c1. The van der Waals surface area contributed by atoms with Crippen molar-refractivity contribution in [2.45, 2.75) is 38.7 Å². The summed E-state index contributed by atoms with van der Waals surface area (Å²) >= 11 is 0. The maximum atomic E-state index is 15.1. The number of hydrogen-bond donors (Lipinski definition) is 0. The Morgan fingerprint density at radius 2 is 1.07 bits per heavy atom.